The Morgan fingerprint density at radius 1 is 1.15 bits per heavy atom. The first-order valence-corrected chi connectivity index (χ1v) is 8.89. The van der Waals surface area contributed by atoms with Crippen molar-refractivity contribution < 1.29 is 14.6 Å². The number of nitrogens with zero attached hydrogens (tertiary/aromatic N) is 1. The molecule has 0 fully saturated rings. The van der Waals surface area contributed by atoms with Crippen LogP contribution in [0.4, 0.5) is 0 Å². The van der Waals surface area contributed by atoms with Crippen LogP contribution in [0.2, 0.25) is 0 Å². The fourth-order valence-corrected chi connectivity index (χ4v) is 3.19. The first kappa shape index (κ1) is 20.4. The lowest BCUT2D eigenvalue weighted by molar-refractivity contribution is 0.0637. The summed E-state index contributed by atoms with van der Waals surface area (Å²) in [6.07, 6.45) is 0.983. The number of halogens is 1. The van der Waals surface area contributed by atoms with E-state index >= 15 is 0 Å². The van der Waals surface area contributed by atoms with Gasteiger partial charge in [0.25, 0.3) is 0 Å². The number of carbonyl (C=O) groups is 1. The van der Waals surface area contributed by atoms with Crippen molar-refractivity contribution in [1.82, 2.24) is 4.90 Å². The number of carbonyl (C=O) groups excluding carboxylic acids is 1. The highest BCUT2D eigenvalue weighted by molar-refractivity contribution is 5.95. The number of rotatable bonds is 7. The maximum absolute atomic E-state index is 11.6. The van der Waals surface area contributed by atoms with E-state index in [0.717, 1.165) is 19.5 Å². The summed E-state index contributed by atoms with van der Waals surface area (Å²) >= 11 is 0. The van der Waals surface area contributed by atoms with E-state index in [2.05, 4.69) is 29.2 Å². The third-order valence-corrected chi connectivity index (χ3v) is 4.62. The van der Waals surface area contributed by atoms with Gasteiger partial charge in [-0.05, 0) is 41.8 Å². The molecule has 5 heteroatoms. The Kier molecular flexibility index (Phi) is 7.64. The molecular weight excluding hydrogens is 350 g/mol. The molecule has 0 saturated carbocycles. The van der Waals surface area contributed by atoms with E-state index in [1.165, 1.54) is 11.1 Å². The van der Waals surface area contributed by atoms with E-state index < -0.39 is 6.10 Å². The fraction of sp³-hybridized carbons (Fsp3) is 0.381. The number of ether oxygens (including phenoxy) is 1. The predicted octanol–water partition coefficient (Wildman–Crippen LogP) is 3.50. The standard InChI is InChI=1S/C21H25NO3.ClH/c1-2-21(24)17-7-9-20(10-8-17)25-15-19(23)14-22-12-11-16-5-3-4-6-18(16)13-22;/h3-10,19,23H,2,11-15H2,1H3;1H. The molecule has 4 nitrogen and oxygen atoms in total. The average molecular weight is 376 g/mol. The van der Waals surface area contributed by atoms with Crippen molar-refractivity contribution in [2.75, 3.05) is 19.7 Å². The summed E-state index contributed by atoms with van der Waals surface area (Å²) in [5.41, 5.74) is 3.45. The molecule has 140 valence electrons. The summed E-state index contributed by atoms with van der Waals surface area (Å²) < 4.78 is 5.66. The Morgan fingerprint density at radius 3 is 2.54 bits per heavy atom. The summed E-state index contributed by atoms with van der Waals surface area (Å²) in [7, 11) is 0. The quantitative estimate of drug-likeness (QED) is 0.752. The van der Waals surface area contributed by atoms with Crippen molar-refractivity contribution in [2.45, 2.75) is 32.4 Å². The van der Waals surface area contributed by atoms with Crippen LogP contribution >= 0.6 is 12.4 Å². The molecule has 1 N–H and O–H groups in total. The number of Topliss-reactive ketones (excluding diaryl/α,β-unsaturated/α-hetero) is 1. The van der Waals surface area contributed by atoms with Crippen molar-refractivity contribution in [1.29, 1.82) is 0 Å². The third kappa shape index (κ3) is 5.31. The zero-order valence-electron chi connectivity index (χ0n) is 15.1. The molecule has 1 aliphatic rings. The van der Waals surface area contributed by atoms with Crippen LogP contribution in [0.1, 0.15) is 34.8 Å². The predicted molar refractivity (Wildman–Crippen MR) is 105 cm³/mol. The maximum atomic E-state index is 11.6. The van der Waals surface area contributed by atoms with Crippen LogP contribution in [0.15, 0.2) is 48.5 Å². The molecule has 0 spiro atoms. The van der Waals surface area contributed by atoms with Crippen LogP contribution < -0.4 is 4.74 Å². The molecule has 26 heavy (non-hydrogen) atoms. The van der Waals surface area contributed by atoms with Crippen LogP contribution in [0.25, 0.3) is 0 Å². The third-order valence-electron chi connectivity index (χ3n) is 4.62. The first-order valence-electron chi connectivity index (χ1n) is 8.89. The van der Waals surface area contributed by atoms with Gasteiger partial charge in [-0.15, -0.1) is 12.4 Å². The molecule has 0 aliphatic carbocycles. The summed E-state index contributed by atoms with van der Waals surface area (Å²) in [6, 6.07) is 15.6. The zero-order valence-corrected chi connectivity index (χ0v) is 15.9. The first-order chi connectivity index (χ1) is 12.2. The van der Waals surface area contributed by atoms with Gasteiger partial charge in [0.1, 0.15) is 18.5 Å². The maximum Gasteiger partial charge on any atom is 0.162 e. The lowest BCUT2D eigenvalue weighted by Gasteiger charge is -2.30. The molecule has 1 heterocycles. The van der Waals surface area contributed by atoms with Gasteiger partial charge >= 0.3 is 0 Å². The van der Waals surface area contributed by atoms with E-state index in [4.69, 9.17) is 4.74 Å². The van der Waals surface area contributed by atoms with Gasteiger partial charge in [0.2, 0.25) is 0 Å². The summed E-state index contributed by atoms with van der Waals surface area (Å²) in [6.45, 7) is 4.53. The minimum atomic E-state index is -0.540. The van der Waals surface area contributed by atoms with Gasteiger partial charge < -0.3 is 9.84 Å². The van der Waals surface area contributed by atoms with Gasteiger partial charge in [-0.25, -0.2) is 0 Å². The lowest BCUT2D eigenvalue weighted by Crippen LogP contribution is -2.38. The second-order valence-electron chi connectivity index (χ2n) is 6.52. The van der Waals surface area contributed by atoms with Crippen molar-refractivity contribution in [3.63, 3.8) is 0 Å². The number of β-amino-alcohol motifs (C(OH)–C–C–N with tert-alkyl or cyclic N) is 1. The second-order valence-corrected chi connectivity index (χ2v) is 6.52. The fourth-order valence-electron chi connectivity index (χ4n) is 3.19. The Balaban J connectivity index is 0.00000243. The smallest absolute Gasteiger partial charge is 0.162 e. The molecule has 2 aromatic carbocycles. The van der Waals surface area contributed by atoms with Crippen molar-refractivity contribution >= 4 is 18.2 Å². The highest BCUT2D eigenvalue weighted by atomic mass is 35.5. The van der Waals surface area contributed by atoms with E-state index in [-0.39, 0.29) is 24.8 Å². The van der Waals surface area contributed by atoms with Gasteiger partial charge in [-0.2, -0.15) is 0 Å². The second kappa shape index (κ2) is 9.72. The number of benzene rings is 2. The molecule has 2 aromatic rings. The van der Waals surface area contributed by atoms with Crippen molar-refractivity contribution in [2.24, 2.45) is 0 Å². The molecule has 0 amide bonds. The van der Waals surface area contributed by atoms with E-state index in [0.29, 0.717) is 24.3 Å². The number of aliphatic hydroxyl groups excluding tert-OH is 1. The Morgan fingerprint density at radius 2 is 1.85 bits per heavy atom. The van der Waals surface area contributed by atoms with Crippen LogP contribution in [0.3, 0.4) is 0 Å². The summed E-state index contributed by atoms with van der Waals surface area (Å²) in [4.78, 5) is 13.9. The largest absolute Gasteiger partial charge is 0.491 e. The van der Waals surface area contributed by atoms with Crippen LogP contribution in [-0.4, -0.2) is 41.6 Å². The number of hydrogen-bond acceptors (Lipinski definition) is 4. The SMILES string of the molecule is CCC(=O)c1ccc(OCC(O)CN2CCc3ccccc3C2)cc1.Cl. The Labute approximate surface area is 161 Å². The number of ketones is 1. The van der Waals surface area contributed by atoms with Crippen molar-refractivity contribution in [3.8, 4) is 5.75 Å². The van der Waals surface area contributed by atoms with Crippen LogP contribution in [-0.2, 0) is 13.0 Å². The van der Waals surface area contributed by atoms with Crippen LogP contribution in [0, 0.1) is 0 Å². The van der Waals surface area contributed by atoms with Gasteiger partial charge in [0.05, 0.1) is 0 Å². The topological polar surface area (TPSA) is 49.8 Å². The Bertz CT molecular complexity index is 717. The highest BCUT2D eigenvalue weighted by Gasteiger charge is 2.18. The monoisotopic (exact) mass is 375 g/mol. The average Bonchev–Trinajstić information content (AvgIpc) is 2.66. The molecule has 1 unspecified atom stereocenters. The molecule has 3 rings (SSSR count). The van der Waals surface area contributed by atoms with Gasteiger partial charge in [-0.3, -0.25) is 9.69 Å². The molecule has 0 radical (unpaired) electrons. The number of aliphatic hydroxyl groups is 1. The molecule has 0 aromatic heterocycles. The molecule has 1 aliphatic heterocycles. The molecular formula is C21H26ClNO3. The molecule has 0 saturated heterocycles. The lowest BCUT2D eigenvalue weighted by atomic mass is 10.00. The molecule has 1 atom stereocenters. The summed E-state index contributed by atoms with van der Waals surface area (Å²) in [5, 5.41) is 10.3. The minimum absolute atomic E-state index is 0. The normalized spacial score (nSPS) is 14.8. The minimum Gasteiger partial charge on any atom is -0.491 e. The van der Waals surface area contributed by atoms with E-state index in [1.807, 2.05) is 6.92 Å². The van der Waals surface area contributed by atoms with Crippen LogP contribution in [0.5, 0.6) is 5.75 Å². The van der Waals surface area contributed by atoms with Gasteiger partial charge in [-0.1, -0.05) is 31.2 Å². The number of fused-ring (bicyclic) bond motifs is 1. The van der Waals surface area contributed by atoms with Crippen molar-refractivity contribution in [3.05, 3.63) is 65.2 Å². The zero-order chi connectivity index (χ0) is 17.6. The van der Waals surface area contributed by atoms with Gasteiger partial charge in [0.15, 0.2) is 5.78 Å². The van der Waals surface area contributed by atoms with E-state index in [1.54, 1.807) is 24.3 Å². The number of hydrogen-bond donors (Lipinski definition) is 1. The highest BCUT2D eigenvalue weighted by Crippen LogP contribution is 2.19. The Hall–Kier alpha value is -1.88. The van der Waals surface area contributed by atoms with Gasteiger partial charge in [0, 0.05) is 31.6 Å². The summed E-state index contributed by atoms with van der Waals surface area (Å²) in [5.74, 6) is 0.799. The van der Waals surface area contributed by atoms with E-state index in [9.17, 15) is 9.90 Å². The molecule has 0 bridgehead atoms.